The predicted molar refractivity (Wildman–Crippen MR) is 97.8 cm³/mol. The minimum absolute atomic E-state index is 0. The highest BCUT2D eigenvalue weighted by Gasteiger charge is 2.28. The van der Waals surface area contributed by atoms with Gasteiger partial charge in [0.25, 0.3) is 0 Å². The fourth-order valence-electron chi connectivity index (χ4n) is 1.19. The van der Waals surface area contributed by atoms with Gasteiger partial charge in [0, 0.05) is 19.6 Å². The van der Waals surface area contributed by atoms with Gasteiger partial charge in [0.1, 0.15) is 0 Å². The molecule has 5 nitrogen and oxygen atoms in total. The quantitative estimate of drug-likeness (QED) is 0.407. The smallest absolute Gasteiger partial charge is 0.191 e. The average molecular weight is 419 g/mol. The topological polar surface area (TPSA) is 70.6 Å². The summed E-state index contributed by atoms with van der Waals surface area (Å²) in [5, 5.41) is 6.28. The second-order valence-corrected chi connectivity index (χ2v) is 8.97. The van der Waals surface area contributed by atoms with Crippen molar-refractivity contribution in [3.05, 3.63) is 0 Å². The zero-order chi connectivity index (χ0) is 15.3. The van der Waals surface area contributed by atoms with Crippen LogP contribution in [0.3, 0.4) is 0 Å². The summed E-state index contributed by atoms with van der Waals surface area (Å²) in [7, 11) is -1.41. The number of nitrogens with one attached hydrogen (secondary N) is 2. The number of hydrogen-bond donors (Lipinski definition) is 2. The van der Waals surface area contributed by atoms with E-state index >= 15 is 0 Å². The molecule has 0 radical (unpaired) electrons. The molecule has 122 valence electrons. The first kappa shape index (κ1) is 22.2. The molecule has 20 heavy (non-hydrogen) atoms. The van der Waals surface area contributed by atoms with Crippen molar-refractivity contribution >= 4 is 39.8 Å². The highest BCUT2D eigenvalue weighted by atomic mass is 127. The third-order valence-corrected chi connectivity index (χ3v) is 5.79. The van der Waals surface area contributed by atoms with Crippen molar-refractivity contribution in [3.8, 4) is 0 Å². The summed E-state index contributed by atoms with van der Waals surface area (Å²) in [5.74, 6) is 1.23. The lowest BCUT2D eigenvalue weighted by Crippen LogP contribution is -2.46. The molecule has 0 saturated carbocycles. The standard InChI is InChI=1S/C13H29N3O2S.HI/c1-10(2)11(3)16-12(14-7)15-8-9-19(17,18)13(4,5)6;/h10-11H,8-9H2,1-7H3,(H2,14,15,16);1H. The van der Waals surface area contributed by atoms with E-state index in [4.69, 9.17) is 0 Å². The largest absolute Gasteiger partial charge is 0.355 e. The van der Waals surface area contributed by atoms with Gasteiger partial charge in [0.2, 0.25) is 0 Å². The number of rotatable bonds is 5. The molecule has 1 unspecified atom stereocenters. The van der Waals surface area contributed by atoms with Crippen molar-refractivity contribution in [1.82, 2.24) is 10.6 Å². The zero-order valence-electron chi connectivity index (χ0n) is 13.6. The molecule has 0 heterocycles. The van der Waals surface area contributed by atoms with E-state index in [0.29, 0.717) is 18.4 Å². The van der Waals surface area contributed by atoms with Crippen LogP contribution < -0.4 is 10.6 Å². The second kappa shape index (κ2) is 9.07. The van der Waals surface area contributed by atoms with E-state index in [2.05, 4.69) is 36.4 Å². The van der Waals surface area contributed by atoms with Crippen molar-refractivity contribution in [3.63, 3.8) is 0 Å². The highest BCUT2D eigenvalue weighted by Crippen LogP contribution is 2.15. The van der Waals surface area contributed by atoms with Crippen LogP contribution in [-0.4, -0.2) is 44.5 Å². The van der Waals surface area contributed by atoms with Gasteiger partial charge in [-0.15, -0.1) is 24.0 Å². The van der Waals surface area contributed by atoms with Crippen LogP contribution in [-0.2, 0) is 9.84 Å². The molecule has 0 aromatic carbocycles. The first-order chi connectivity index (χ1) is 8.51. The van der Waals surface area contributed by atoms with Crippen molar-refractivity contribution in [2.75, 3.05) is 19.3 Å². The lowest BCUT2D eigenvalue weighted by Gasteiger charge is -2.22. The number of guanidine groups is 1. The summed E-state index contributed by atoms with van der Waals surface area (Å²) in [4.78, 5) is 4.09. The maximum atomic E-state index is 12.0. The molecule has 0 spiro atoms. The first-order valence-electron chi connectivity index (χ1n) is 6.70. The van der Waals surface area contributed by atoms with Gasteiger partial charge in [-0.1, -0.05) is 13.8 Å². The molecular weight excluding hydrogens is 389 g/mol. The summed E-state index contributed by atoms with van der Waals surface area (Å²) in [6.45, 7) is 11.8. The number of nitrogens with zero attached hydrogens (tertiary/aromatic N) is 1. The van der Waals surface area contributed by atoms with Gasteiger partial charge in [-0.3, -0.25) is 4.99 Å². The molecule has 0 amide bonds. The van der Waals surface area contributed by atoms with Gasteiger partial charge < -0.3 is 10.6 Å². The van der Waals surface area contributed by atoms with Gasteiger partial charge in [0.05, 0.1) is 10.5 Å². The minimum atomic E-state index is -3.09. The van der Waals surface area contributed by atoms with Crippen LogP contribution in [0.2, 0.25) is 0 Å². The van der Waals surface area contributed by atoms with Crippen molar-refractivity contribution in [2.45, 2.75) is 52.3 Å². The maximum Gasteiger partial charge on any atom is 0.191 e. The summed E-state index contributed by atoms with van der Waals surface area (Å²) in [6, 6.07) is 0.283. The van der Waals surface area contributed by atoms with E-state index in [1.807, 2.05) is 0 Å². The van der Waals surface area contributed by atoms with Crippen LogP contribution in [0.4, 0.5) is 0 Å². The predicted octanol–water partition coefficient (Wildman–Crippen LogP) is 2.03. The number of halogens is 1. The van der Waals surface area contributed by atoms with Crippen LogP contribution >= 0.6 is 24.0 Å². The summed E-state index contributed by atoms with van der Waals surface area (Å²) in [5.41, 5.74) is 0. The van der Waals surface area contributed by atoms with E-state index in [0.717, 1.165) is 0 Å². The van der Waals surface area contributed by atoms with Gasteiger partial charge in [-0.05, 0) is 33.6 Å². The Balaban J connectivity index is 0. The summed E-state index contributed by atoms with van der Waals surface area (Å²) >= 11 is 0. The van der Waals surface area contributed by atoms with Gasteiger partial charge in [0.15, 0.2) is 15.8 Å². The van der Waals surface area contributed by atoms with Gasteiger partial charge in [-0.25, -0.2) is 8.42 Å². The molecule has 2 N–H and O–H groups in total. The lowest BCUT2D eigenvalue weighted by molar-refractivity contribution is 0.481. The van der Waals surface area contributed by atoms with Crippen molar-refractivity contribution in [1.29, 1.82) is 0 Å². The van der Waals surface area contributed by atoms with Crippen LogP contribution in [0.25, 0.3) is 0 Å². The molecular formula is C13H30IN3O2S. The van der Waals surface area contributed by atoms with E-state index in [1.165, 1.54) is 0 Å². The Morgan fingerprint density at radius 1 is 1.20 bits per heavy atom. The third-order valence-electron chi connectivity index (χ3n) is 3.18. The fraction of sp³-hybridized carbons (Fsp3) is 0.923. The molecule has 0 aromatic rings. The number of aliphatic imine (C=N–C) groups is 1. The van der Waals surface area contributed by atoms with Crippen LogP contribution in [0.5, 0.6) is 0 Å². The number of sulfone groups is 1. The fourth-order valence-corrected chi connectivity index (χ4v) is 2.17. The second-order valence-electron chi connectivity index (χ2n) is 6.11. The third kappa shape index (κ3) is 7.66. The minimum Gasteiger partial charge on any atom is -0.355 e. The monoisotopic (exact) mass is 419 g/mol. The molecule has 0 aromatic heterocycles. The van der Waals surface area contributed by atoms with E-state index in [9.17, 15) is 8.42 Å². The Morgan fingerprint density at radius 2 is 1.70 bits per heavy atom. The van der Waals surface area contributed by atoms with Crippen LogP contribution in [0, 0.1) is 5.92 Å². The Labute approximate surface area is 141 Å². The summed E-state index contributed by atoms with van der Waals surface area (Å²) < 4.78 is 23.2. The molecule has 0 saturated heterocycles. The lowest BCUT2D eigenvalue weighted by atomic mass is 10.1. The summed E-state index contributed by atoms with van der Waals surface area (Å²) in [6.07, 6.45) is 0. The first-order valence-corrected chi connectivity index (χ1v) is 8.36. The maximum absolute atomic E-state index is 12.0. The van der Waals surface area contributed by atoms with Gasteiger partial charge in [-0.2, -0.15) is 0 Å². The molecule has 0 bridgehead atoms. The van der Waals surface area contributed by atoms with Crippen LogP contribution in [0.1, 0.15) is 41.5 Å². The molecule has 0 aliphatic heterocycles. The van der Waals surface area contributed by atoms with E-state index in [1.54, 1.807) is 27.8 Å². The number of hydrogen-bond acceptors (Lipinski definition) is 3. The normalized spacial score (nSPS) is 14.7. The Bertz CT molecular complexity index is 400. The van der Waals surface area contributed by atoms with E-state index < -0.39 is 14.6 Å². The van der Waals surface area contributed by atoms with Crippen LogP contribution in [0.15, 0.2) is 4.99 Å². The van der Waals surface area contributed by atoms with Crippen molar-refractivity contribution < 1.29 is 8.42 Å². The molecule has 1 atom stereocenters. The van der Waals surface area contributed by atoms with Gasteiger partial charge >= 0.3 is 0 Å². The average Bonchev–Trinajstić information content (AvgIpc) is 2.25. The zero-order valence-corrected chi connectivity index (χ0v) is 16.8. The molecule has 7 heteroatoms. The highest BCUT2D eigenvalue weighted by molar-refractivity contribution is 14.0. The molecule has 0 aliphatic rings. The molecule has 0 aliphatic carbocycles. The van der Waals surface area contributed by atoms with E-state index in [-0.39, 0.29) is 35.8 Å². The SMILES string of the molecule is CN=C(NCCS(=O)(=O)C(C)(C)C)NC(C)C(C)C.I. The Kier molecular flexibility index (Phi) is 10.1. The molecule has 0 fully saturated rings. The van der Waals surface area contributed by atoms with Crippen molar-refractivity contribution in [2.24, 2.45) is 10.9 Å². The Morgan fingerprint density at radius 3 is 2.05 bits per heavy atom. The molecule has 0 rings (SSSR count). The Hall–Kier alpha value is -0.0500.